The van der Waals surface area contributed by atoms with Gasteiger partial charge < -0.3 is 15.4 Å². The number of amides is 1. The zero-order valence-electron chi connectivity index (χ0n) is 14.5. The van der Waals surface area contributed by atoms with Crippen LogP contribution in [0, 0.1) is 0 Å². The van der Waals surface area contributed by atoms with Gasteiger partial charge in [0.05, 0.1) is 12.8 Å². The van der Waals surface area contributed by atoms with Crippen LogP contribution in [0.2, 0.25) is 0 Å². The summed E-state index contributed by atoms with van der Waals surface area (Å²) in [6.45, 7) is 1.82. The normalized spacial score (nSPS) is 10.5. The van der Waals surface area contributed by atoms with Crippen LogP contribution in [0.15, 0.2) is 42.6 Å². The van der Waals surface area contributed by atoms with Crippen LogP contribution in [0.4, 0.5) is 11.6 Å². The number of methoxy groups -OCH3 is 1. The first-order chi connectivity index (χ1) is 12.1. The zero-order valence-corrected chi connectivity index (χ0v) is 14.5. The molecule has 0 bridgehead atoms. The minimum absolute atomic E-state index is 0.0418. The summed E-state index contributed by atoms with van der Waals surface area (Å²) in [5.41, 5.74) is 2.43. The molecule has 0 aliphatic heterocycles. The van der Waals surface area contributed by atoms with Crippen molar-refractivity contribution in [3.8, 4) is 17.0 Å². The Kier molecular flexibility index (Phi) is 4.79. The van der Waals surface area contributed by atoms with Crippen LogP contribution in [-0.2, 0) is 4.79 Å². The highest BCUT2D eigenvalue weighted by Gasteiger charge is 2.11. The fourth-order valence-electron chi connectivity index (χ4n) is 2.59. The summed E-state index contributed by atoms with van der Waals surface area (Å²) in [6.07, 6.45) is 2.11. The minimum Gasteiger partial charge on any atom is -0.497 e. The number of ether oxygens (including phenoxy) is 1. The van der Waals surface area contributed by atoms with Crippen molar-refractivity contribution in [2.75, 3.05) is 24.8 Å². The molecule has 0 radical (unpaired) electrons. The van der Waals surface area contributed by atoms with Gasteiger partial charge in [-0.3, -0.25) is 4.79 Å². The van der Waals surface area contributed by atoms with Gasteiger partial charge in [-0.2, -0.15) is 0 Å². The quantitative estimate of drug-likeness (QED) is 0.743. The lowest BCUT2D eigenvalue weighted by Crippen LogP contribution is -2.10. The molecule has 6 nitrogen and oxygen atoms in total. The van der Waals surface area contributed by atoms with Gasteiger partial charge in [-0.15, -0.1) is 0 Å². The van der Waals surface area contributed by atoms with Crippen LogP contribution in [0.3, 0.4) is 0 Å². The van der Waals surface area contributed by atoms with Crippen LogP contribution in [0.1, 0.15) is 13.3 Å². The molecule has 0 aliphatic carbocycles. The molecule has 1 aromatic heterocycles. The standard InChI is InChI=1S/C19H20N4O2/c1-4-18(24)22-17-10-13(16-7-8-21-19(20-2)23-16)9-12-5-6-14(25-3)11-15(12)17/h5-11H,4H2,1-3H3,(H,22,24)(H,20,21,23). The van der Waals surface area contributed by atoms with Gasteiger partial charge in [-0.1, -0.05) is 13.0 Å². The van der Waals surface area contributed by atoms with Gasteiger partial charge in [-0.05, 0) is 35.7 Å². The Hall–Kier alpha value is -3.15. The molecular formula is C19H20N4O2. The summed E-state index contributed by atoms with van der Waals surface area (Å²) >= 11 is 0. The van der Waals surface area contributed by atoms with E-state index in [1.54, 1.807) is 20.4 Å². The van der Waals surface area contributed by atoms with Gasteiger partial charge in [-0.25, -0.2) is 9.97 Å². The number of aromatic nitrogens is 2. The predicted molar refractivity (Wildman–Crippen MR) is 100.0 cm³/mol. The molecule has 1 heterocycles. The van der Waals surface area contributed by atoms with E-state index in [4.69, 9.17) is 4.74 Å². The van der Waals surface area contributed by atoms with E-state index >= 15 is 0 Å². The van der Waals surface area contributed by atoms with E-state index in [2.05, 4.69) is 20.6 Å². The first kappa shape index (κ1) is 16.7. The number of hydrogen-bond donors (Lipinski definition) is 2. The molecule has 128 valence electrons. The van der Waals surface area contributed by atoms with Gasteiger partial charge in [0.25, 0.3) is 0 Å². The monoisotopic (exact) mass is 336 g/mol. The lowest BCUT2D eigenvalue weighted by atomic mass is 10.0. The smallest absolute Gasteiger partial charge is 0.224 e. The zero-order chi connectivity index (χ0) is 17.8. The Bertz CT molecular complexity index is 924. The minimum atomic E-state index is -0.0418. The Labute approximate surface area is 146 Å². The fourth-order valence-corrected chi connectivity index (χ4v) is 2.59. The number of rotatable bonds is 5. The number of hydrogen-bond acceptors (Lipinski definition) is 5. The summed E-state index contributed by atoms with van der Waals surface area (Å²) < 4.78 is 5.31. The molecule has 1 amide bonds. The fraction of sp³-hybridized carbons (Fsp3) is 0.211. The van der Waals surface area contributed by atoms with E-state index < -0.39 is 0 Å². The van der Waals surface area contributed by atoms with Crippen molar-refractivity contribution in [1.82, 2.24) is 9.97 Å². The second kappa shape index (κ2) is 7.17. The van der Waals surface area contributed by atoms with E-state index in [-0.39, 0.29) is 5.91 Å². The van der Waals surface area contributed by atoms with Crippen LogP contribution in [0.25, 0.3) is 22.0 Å². The Balaban J connectivity index is 2.18. The lowest BCUT2D eigenvalue weighted by molar-refractivity contribution is -0.115. The summed E-state index contributed by atoms with van der Waals surface area (Å²) in [7, 11) is 3.40. The van der Waals surface area contributed by atoms with Gasteiger partial charge in [0, 0.05) is 36.3 Å². The van der Waals surface area contributed by atoms with E-state index in [1.165, 1.54) is 0 Å². The molecule has 0 fully saturated rings. The first-order valence-corrected chi connectivity index (χ1v) is 8.07. The summed E-state index contributed by atoms with van der Waals surface area (Å²) in [6, 6.07) is 11.6. The molecule has 2 aromatic carbocycles. The van der Waals surface area contributed by atoms with Gasteiger partial charge in [0.1, 0.15) is 5.75 Å². The number of carbonyl (C=O) groups is 1. The number of nitrogens with one attached hydrogen (secondary N) is 2. The third kappa shape index (κ3) is 3.52. The van der Waals surface area contributed by atoms with Crippen molar-refractivity contribution >= 4 is 28.3 Å². The Morgan fingerprint density at radius 3 is 2.76 bits per heavy atom. The molecule has 0 atom stereocenters. The van der Waals surface area contributed by atoms with Gasteiger partial charge >= 0.3 is 0 Å². The maximum Gasteiger partial charge on any atom is 0.224 e. The number of fused-ring (bicyclic) bond motifs is 1. The van der Waals surface area contributed by atoms with Gasteiger partial charge in [0.15, 0.2) is 0 Å². The van der Waals surface area contributed by atoms with Crippen molar-refractivity contribution in [2.24, 2.45) is 0 Å². The van der Waals surface area contributed by atoms with Crippen molar-refractivity contribution in [2.45, 2.75) is 13.3 Å². The maximum absolute atomic E-state index is 11.9. The summed E-state index contributed by atoms with van der Waals surface area (Å²) in [5, 5.41) is 7.83. The molecule has 2 N–H and O–H groups in total. The molecule has 0 unspecified atom stereocenters. The Morgan fingerprint density at radius 2 is 2.04 bits per heavy atom. The van der Waals surface area contributed by atoms with E-state index in [0.717, 1.165) is 33.5 Å². The number of benzene rings is 2. The highest BCUT2D eigenvalue weighted by molar-refractivity contribution is 6.04. The van der Waals surface area contributed by atoms with Crippen molar-refractivity contribution in [3.63, 3.8) is 0 Å². The van der Waals surface area contributed by atoms with Crippen LogP contribution in [-0.4, -0.2) is 30.0 Å². The maximum atomic E-state index is 11.9. The average Bonchev–Trinajstić information content (AvgIpc) is 2.67. The average molecular weight is 336 g/mol. The first-order valence-electron chi connectivity index (χ1n) is 8.07. The molecular weight excluding hydrogens is 316 g/mol. The highest BCUT2D eigenvalue weighted by Crippen LogP contribution is 2.33. The largest absolute Gasteiger partial charge is 0.497 e. The third-order valence-corrected chi connectivity index (χ3v) is 3.93. The van der Waals surface area contributed by atoms with E-state index in [0.29, 0.717) is 12.4 Å². The number of nitrogens with zero attached hydrogens (tertiary/aromatic N) is 2. The summed E-state index contributed by atoms with van der Waals surface area (Å²) in [4.78, 5) is 20.6. The molecule has 0 saturated carbocycles. The Morgan fingerprint density at radius 1 is 1.20 bits per heavy atom. The van der Waals surface area contributed by atoms with Gasteiger partial charge in [0.2, 0.25) is 11.9 Å². The van der Waals surface area contributed by atoms with Crippen molar-refractivity contribution in [1.29, 1.82) is 0 Å². The second-order valence-electron chi connectivity index (χ2n) is 5.53. The van der Waals surface area contributed by atoms with Crippen molar-refractivity contribution in [3.05, 3.63) is 42.6 Å². The van der Waals surface area contributed by atoms with Crippen LogP contribution < -0.4 is 15.4 Å². The van der Waals surface area contributed by atoms with Crippen molar-refractivity contribution < 1.29 is 9.53 Å². The molecule has 0 spiro atoms. The molecule has 0 saturated heterocycles. The van der Waals surface area contributed by atoms with E-state index in [1.807, 2.05) is 43.3 Å². The third-order valence-electron chi connectivity index (χ3n) is 3.93. The molecule has 6 heteroatoms. The molecule has 3 aromatic rings. The summed E-state index contributed by atoms with van der Waals surface area (Å²) in [5.74, 6) is 1.25. The van der Waals surface area contributed by atoms with Crippen LogP contribution in [0.5, 0.6) is 5.75 Å². The molecule has 3 rings (SSSR count). The van der Waals surface area contributed by atoms with E-state index in [9.17, 15) is 4.79 Å². The van der Waals surface area contributed by atoms with Crippen LogP contribution >= 0.6 is 0 Å². The second-order valence-corrected chi connectivity index (χ2v) is 5.53. The molecule has 0 aliphatic rings. The number of anilines is 2. The topological polar surface area (TPSA) is 76.1 Å². The predicted octanol–water partition coefficient (Wildman–Crippen LogP) is 3.70. The SMILES string of the molecule is CCC(=O)Nc1cc(-c2ccnc(NC)n2)cc2ccc(OC)cc12. The highest BCUT2D eigenvalue weighted by atomic mass is 16.5. The molecule has 25 heavy (non-hydrogen) atoms. The number of carbonyl (C=O) groups excluding carboxylic acids is 1. The lowest BCUT2D eigenvalue weighted by Gasteiger charge is -2.13.